The van der Waals surface area contributed by atoms with E-state index in [4.69, 9.17) is 4.74 Å². The number of carbonyl (C=O) groups is 2. The summed E-state index contributed by atoms with van der Waals surface area (Å²) in [5, 5.41) is 19.0. The van der Waals surface area contributed by atoms with Crippen LogP contribution in [-0.4, -0.2) is 40.8 Å². The number of aldehydes is 1. The normalized spacial score (nSPS) is 48.8. The largest absolute Gasteiger partial charge is 0.457 e. The van der Waals surface area contributed by atoms with Gasteiger partial charge in [-0.3, -0.25) is 4.79 Å². The summed E-state index contributed by atoms with van der Waals surface area (Å²) in [6.45, 7) is 0. The average molecular weight is 186 g/mol. The molecule has 0 radical (unpaired) electrons. The van der Waals surface area contributed by atoms with Gasteiger partial charge in [0.2, 0.25) is 0 Å². The van der Waals surface area contributed by atoms with Crippen molar-refractivity contribution >= 4 is 12.3 Å². The van der Waals surface area contributed by atoms with E-state index in [1.54, 1.807) is 0 Å². The summed E-state index contributed by atoms with van der Waals surface area (Å²) in [4.78, 5) is 21.5. The summed E-state index contributed by atoms with van der Waals surface area (Å²) >= 11 is 0. The van der Waals surface area contributed by atoms with E-state index in [0.717, 1.165) is 0 Å². The first kappa shape index (κ1) is 8.65. The van der Waals surface area contributed by atoms with Crippen LogP contribution in [0.2, 0.25) is 0 Å². The maximum absolute atomic E-state index is 10.9. The maximum atomic E-state index is 10.9. The van der Waals surface area contributed by atoms with Crippen molar-refractivity contribution in [1.82, 2.24) is 0 Å². The van der Waals surface area contributed by atoms with Crippen LogP contribution in [0, 0.1) is 11.8 Å². The minimum Gasteiger partial charge on any atom is -0.457 e. The Labute approximate surface area is 74.3 Å². The molecule has 72 valence electrons. The van der Waals surface area contributed by atoms with Crippen molar-refractivity contribution in [3.8, 4) is 0 Å². The van der Waals surface area contributed by atoms with Gasteiger partial charge in [-0.2, -0.15) is 0 Å². The first-order chi connectivity index (χ1) is 6.15. The number of hydrogen-bond donors (Lipinski definition) is 2. The van der Waals surface area contributed by atoms with E-state index in [2.05, 4.69) is 0 Å². The second-order valence-corrected chi connectivity index (χ2v) is 3.52. The monoisotopic (exact) mass is 186 g/mol. The lowest BCUT2D eigenvalue weighted by molar-refractivity contribution is -0.168. The van der Waals surface area contributed by atoms with Gasteiger partial charge >= 0.3 is 5.97 Å². The molecule has 0 aromatic heterocycles. The molecule has 0 amide bonds. The number of ether oxygens (including phenoxy) is 1. The summed E-state index contributed by atoms with van der Waals surface area (Å²) in [5.41, 5.74) is 0. The summed E-state index contributed by atoms with van der Waals surface area (Å²) in [6.07, 6.45) is -2.27. The van der Waals surface area contributed by atoms with Crippen LogP contribution in [-0.2, 0) is 14.3 Å². The molecule has 5 atom stereocenters. The van der Waals surface area contributed by atoms with Crippen LogP contribution in [0.3, 0.4) is 0 Å². The fourth-order valence-electron chi connectivity index (χ4n) is 2.12. The van der Waals surface area contributed by atoms with Crippen LogP contribution < -0.4 is 0 Å². The van der Waals surface area contributed by atoms with Crippen molar-refractivity contribution in [3.05, 3.63) is 0 Å². The molecular weight excluding hydrogens is 176 g/mol. The summed E-state index contributed by atoms with van der Waals surface area (Å²) in [7, 11) is 0. The lowest BCUT2D eigenvalue weighted by Crippen LogP contribution is -2.40. The smallest absolute Gasteiger partial charge is 0.306 e. The first-order valence-electron chi connectivity index (χ1n) is 4.16. The number of esters is 1. The number of fused-ring (bicyclic) bond motifs is 2. The predicted octanol–water partition coefficient (Wildman–Crippen LogP) is -1.53. The van der Waals surface area contributed by atoms with Gasteiger partial charge in [-0.25, -0.2) is 0 Å². The molecule has 2 bridgehead atoms. The van der Waals surface area contributed by atoms with Gasteiger partial charge in [0.1, 0.15) is 12.4 Å². The van der Waals surface area contributed by atoms with Gasteiger partial charge in [-0.1, -0.05) is 0 Å². The van der Waals surface area contributed by atoms with Gasteiger partial charge < -0.3 is 19.7 Å². The van der Waals surface area contributed by atoms with Crippen molar-refractivity contribution in [3.63, 3.8) is 0 Å². The molecule has 1 heterocycles. The number of carbonyl (C=O) groups excluding carboxylic acids is 2. The predicted molar refractivity (Wildman–Crippen MR) is 39.6 cm³/mol. The lowest BCUT2D eigenvalue weighted by atomic mass is 9.91. The average Bonchev–Trinajstić information content (AvgIpc) is 2.26. The molecule has 1 aliphatic carbocycles. The Kier molecular flexibility index (Phi) is 1.85. The van der Waals surface area contributed by atoms with Gasteiger partial charge in [0.25, 0.3) is 0 Å². The Morgan fingerprint density at radius 3 is 2.69 bits per heavy atom. The van der Waals surface area contributed by atoms with Crippen molar-refractivity contribution < 1.29 is 24.5 Å². The van der Waals surface area contributed by atoms with Crippen molar-refractivity contribution in [2.75, 3.05) is 0 Å². The summed E-state index contributed by atoms with van der Waals surface area (Å²) in [6, 6.07) is 0. The Morgan fingerprint density at radius 2 is 2.08 bits per heavy atom. The SMILES string of the molecule is O=C[C@H]1[C@H]2CC(=O)OC([C@H]1O)[C@H]2O. The standard InChI is InChI=1S/C8H10O5/c9-2-4-3-1-5(10)13-8(6(3)11)7(4)12/h2-4,6-8,11-12H,1H2/t3-,4+,6+,7+,8?/m1/s1. The molecule has 2 N–H and O–H groups in total. The third-order valence-corrected chi connectivity index (χ3v) is 2.83. The van der Waals surface area contributed by atoms with Crippen LogP contribution in [0.4, 0.5) is 0 Å². The van der Waals surface area contributed by atoms with Crippen molar-refractivity contribution in [2.45, 2.75) is 24.7 Å². The number of rotatable bonds is 1. The minimum absolute atomic E-state index is 0.0120. The van der Waals surface area contributed by atoms with E-state index in [0.29, 0.717) is 6.29 Å². The van der Waals surface area contributed by atoms with E-state index in [1.165, 1.54) is 0 Å². The molecule has 2 aliphatic rings. The van der Waals surface area contributed by atoms with Crippen LogP contribution in [0.5, 0.6) is 0 Å². The number of aliphatic hydroxyl groups is 2. The minimum atomic E-state index is -1.05. The zero-order chi connectivity index (χ0) is 9.59. The van der Waals surface area contributed by atoms with E-state index in [9.17, 15) is 19.8 Å². The van der Waals surface area contributed by atoms with E-state index in [-0.39, 0.29) is 6.42 Å². The lowest BCUT2D eigenvalue weighted by Gasteiger charge is -2.25. The Balaban J connectivity index is 2.29. The maximum Gasteiger partial charge on any atom is 0.306 e. The third kappa shape index (κ3) is 1.08. The van der Waals surface area contributed by atoms with Crippen LogP contribution in [0.15, 0.2) is 0 Å². The quantitative estimate of drug-likeness (QED) is 0.383. The molecular formula is C8H10O5. The van der Waals surface area contributed by atoms with Crippen LogP contribution in [0.1, 0.15) is 6.42 Å². The molecule has 2 rings (SSSR count). The Hall–Kier alpha value is -0.940. The Bertz CT molecular complexity index is 251. The molecule has 0 spiro atoms. The summed E-state index contributed by atoms with van der Waals surface area (Å²) < 4.78 is 4.74. The topological polar surface area (TPSA) is 83.8 Å². The van der Waals surface area contributed by atoms with Gasteiger partial charge in [0.15, 0.2) is 6.10 Å². The molecule has 0 aromatic carbocycles. The van der Waals surface area contributed by atoms with Gasteiger partial charge in [0.05, 0.1) is 18.4 Å². The molecule has 2 fully saturated rings. The molecule has 5 nitrogen and oxygen atoms in total. The van der Waals surface area contributed by atoms with Crippen LogP contribution >= 0.6 is 0 Å². The van der Waals surface area contributed by atoms with E-state index >= 15 is 0 Å². The van der Waals surface area contributed by atoms with Crippen molar-refractivity contribution in [1.29, 1.82) is 0 Å². The zero-order valence-electron chi connectivity index (χ0n) is 6.79. The Morgan fingerprint density at radius 1 is 1.38 bits per heavy atom. The molecule has 1 saturated heterocycles. The molecule has 13 heavy (non-hydrogen) atoms. The first-order valence-corrected chi connectivity index (χ1v) is 4.16. The number of aliphatic hydroxyl groups excluding tert-OH is 2. The highest BCUT2D eigenvalue weighted by atomic mass is 16.6. The van der Waals surface area contributed by atoms with Gasteiger partial charge in [0, 0.05) is 5.92 Å². The van der Waals surface area contributed by atoms with E-state index < -0.39 is 36.1 Å². The second kappa shape index (κ2) is 2.78. The van der Waals surface area contributed by atoms with Crippen LogP contribution in [0.25, 0.3) is 0 Å². The molecule has 0 aromatic rings. The highest BCUT2D eigenvalue weighted by Gasteiger charge is 2.55. The summed E-state index contributed by atoms with van der Waals surface area (Å²) in [5.74, 6) is -1.60. The fourth-order valence-corrected chi connectivity index (χ4v) is 2.12. The molecule has 1 saturated carbocycles. The van der Waals surface area contributed by atoms with E-state index in [1.807, 2.05) is 0 Å². The van der Waals surface area contributed by atoms with Gasteiger partial charge in [-0.15, -0.1) is 0 Å². The zero-order valence-corrected chi connectivity index (χ0v) is 6.79. The highest BCUT2D eigenvalue weighted by molar-refractivity contribution is 5.73. The molecule has 1 unspecified atom stereocenters. The number of hydrogen-bond acceptors (Lipinski definition) is 5. The molecule has 5 heteroatoms. The third-order valence-electron chi connectivity index (χ3n) is 2.83. The van der Waals surface area contributed by atoms with Crippen molar-refractivity contribution in [2.24, 2.45) is 11.8 Å². The highest BCUT2D eigenvalue weighted by Crippen LogP contribution is 2.39. The second-order valence-electron chi connectivity index (χ2n) is 3.52. The fraction of sp³-hybridized carbons (Fsp3) is 0.750. The molecule has 1 aliphatic heterocycles. The van der Waals surface area contributed by atoms with Gasteiger partial charge in [-0.05, 0) is 0 Å².